The molecule has 1 saturated heterocycles. The molecule has 1 aliphatic heterocycles. The van der Waals surface area contributed by atoms with Crippen LogP contribution >= 0.6 is 0 Å². The largest absolute Gasteiger partial charge is 0.462 e. The summed E-state index contributed by atoms with van der Waals surface area (Å²) in [6, 6.07) is 0.318. The van der Waals surface area contributed by atoms with Crippen LogP contribution in [0.5, 0.6) is 0 Å². The number of hydrogen-bond acceptors (Lipinski definition) is 6. The van der Waals surface area contributed by atoms with Crippen LogP contribution in [-0.4, -0.2) is 48.8 Å². The van der Waals surface area contributed by atoms with Crippen molar-refractivity contribution in [1.29, 1.82) is 0 Å². The van der Waals surface area contributed by atoms with Gasteiger partial charge in [-0.05, 0) is 19.8 Å². The van der Waals surface area contributed by atoms with Gasteiger partial charge in [0.15, 0.2) is 0 Å². The van der Waals surface area contributed by atoms with Gasteiger partial charge in [-0.15, -0.1) is 0 Å². The third-order valence-corrected chi connectivity index (χ3v) is 3.14. The summed E-state index contributed by atoms with van der Waals surface area (Å²) in [6.07, 6.45) is 5.22. The minimum atomic E-state index is -0.385. The van der Waals surface area contributed by atoms with Crippen molar-refractivity contribution < 1.29 is 14.3 Å². The first kappa shape index (κ1) is 13.7. The van der Waals surface area contributed by atoms with Gasteiger partial charge >= 0.3 is 5.97 Å². The van der Waals surface area contributed by atoms with Crippen molar-refractivity contribution in [2.45, 2.75) is 25.8 Å². The molecule has 1 aliphatic rings. The molecule has 0 aromatic carbocycles. The number of anilines is 1. The summed E-state index contributed by atoms with van der Waals surface area (Å²) in [5.41, 5.74) is 0.382. The first-order valence-corrected chi connectivity index (χ1v) is 6.51. The summed E-state index contributed by atoms with van der Waals surface area (Å²) in [5.74, 6) is 0.261. The highest BCUT2D eigenvalue weighted by Crippen LogP contribution is 2.22. The Bertz CT molecular complexity index is 422. The Morgan fingerprint density at radius 3 is 2.84 bits per heavy atom. The van der Waals surface area contributed by atoms with Gasteiger partial charge in [-0.25, -0.2) is 14.8 Å². The van der Waals surface area contributed by atoms with Gasteiger partial charge in [-0.1, -0.05) is 0 Å². The molecule has 0 unspecified atom stereocenters. The molecule has 0 amide bonds. The highest BCUT2D eigenvalue weighted by atomic mass is 16.5. The van der Waals surface area contributed by atoms with Crippen LogP contribution in [0.3, 0.4) is 0 Å². The molecule has 6 nitrogen and oxygen atoms in total. The second-order valence-corrected chi connectivity index (χ2v) is 4.44. The van der Waals surface area contributed by atoms with E-state index in [-0.39, 0.29) is 5.97 Å². The second-order valence-electron chi connectivity index (χ2n) is 4.44. The van der Waals surface area contributed by atoms with E-state index in [0.29, 0.717) is 30.8 Å². The summed E-state index contributed by atoms with van der Waals surface area (Å²) in [7, 11) is 1.70. The van der Waals surface area contributed by atoms with E-state index in [9.17, 15) is 4.79 Å². The quantitative estimate of drug-likeness (QED) is 0.747. The van der Waals surface area contributed by atoms with Gasteiger partial charge in [-0.3, -0.25) is 0 Å². The lowest BCUT2D eigenvalue weighted by atomic mass is 10.2. The Morgan fingerprint density at radius 1 is 1.47 bits per heavy atom. The SMILES string of the molecule is CCOC(=O)c1cnc(N2CCC[C@@H]2COC)nc1. The number of carbonyl (C=O) groups is 1. The van der Waals surface area contributed by atoms with Crippen molar-refractivity contribution in [3.8, 4) is 0 Å². The summed E-state index contributed by atoms with van der Waals surface area (Å²) in [5, 5.41) is 0. The number of hydrogen-bond donors (Lipinski definition) is 0. The molecule has 0 aliphatic carbocycles. The van der Waals surface area contributed by atoms with Gasteiger partial charge in [-0.2, -0.15) is 0 Å². The van der Waals surface area contributed by atoms with E-state index in [0.717, 1.165) is 19.4 Å². The summed E-state index contributed by atoms with van der Waals surface area (Å²) >= 11 is 0. The second kappa shape index (κ2) is 6.47. The maximum absolute atomic E-state index is 11.5. The minimum Gasteiger partial charge on any atom is -0.462 e. The van der Waals surface area contributed by atoms with Crippen LogP contribution < -0.4 is 4.90 Å². The highest BCUT2D eigenvalue weighted by molar-refractivity contribution is 5.88. The Hall–Kier alpha value is -1.69. The molecule has 1 aromatic heterocycles. The molecular formula is C13H19N3O3. The van der Waals surface area contributed by atoms with Gasteiger partial charge < -0.3 is 14.4 Å². The summed E-state index contributed by atoms with van der Waals surface area (Å²) in [6.45, 7) is 3.71. The zero-order valence-electron chi connectivity index (χ0n) is 11.3. The number of rotatable bonds is 5. The highest BCUT2D eigenvalue weighted by Gasteiger charge is 2.26. The predicted octanol–water partition coefficient (Wildman–Crippen LogP) is 1.27. The number of methoxy groups -OCH3 is 1. The standard InChI is InChI=1S/C13H19N3O3/c1-3-19-12(17)10-7-14-13(15-8-10)16-6-4-5-11(16)9-18-2/h7-8,11H,3-6,9H2,1-2H3/t11-/m1/s1. The molecular weight excluding hydrogens is 246 g/mol. The van der Waals surface area contributed by atoms with Crippen molar-refractivity contribution in [2.24, 2.45) is 0 Å². The van der Waals surface area contributed by atoms with Crippen molar-refractivity contribution in [1.82, 2.24) is 9.97 Å². The van der Waals surface area contributed by atoms with E-state index in [2.05, 4.69) is 14.9 Å². The average molecular weight is 265 g/mol. The number of esters is 1. The van der Waals surface area contributed by atoms with Crippen LogP contribution in [0.2, 0.25) is 0 Å². The predicted molar refractivity (Wildman–Crippen MR) is 70.2 cm³/mol. The van der Waals surface area contributed by atoms with Gasteiger partial charge in [0.1, 0.15) is 0 Å². The zero-order chi connectivity index (χ0) is 13.7. The zero-order valence-corrected chi connectivity index (χ0v) is 11.3. The van der Waals surface area contributed by atoms with Crippen LogP contribution in [0.1, 0.15) is 30.1 Å². The van der Waals surface area contributed by atoms with Gasteiger partial charge in [0, 0.05) is 26.0 Å². The number of carbonyl (C=O) groups excluding carboxylic acids is 1. The normalized spacial score (nSPS) is 18.6. The third-order valence-electron chi connectivity index (χ3n) is 3.14. The fraction of sp³-hybridized carbons (Fsp3) is 0.615. The Kier molecular flexibility index (Phi) is 4.68. The Morgan fingerprint density at radius 2 is 2.21 bits per heavy atom. The number of aromatic nitrogens is 2. The monoisotopic (exact) mass is 265 g/mol. The van der Waals surface area contributed by atoms with Crippen LogP contribution in [0, 0.1) is 0 Å². The Labute approximate surface area is 112 Å². The first-order valence-electron chi connectivity index (χ1n) is 6.51. The molecule has 6 heteroatoms. The fourth-order valence-electron chi connectivity index (χ4n) is 2.25. The smallest absolute Gasteiger partial charge is 0.341 e. The first-order chi connectivity index (χ1) is 9.26. The van der Waals surface area contributed by atoms with E-state index < -0.39 is 0 Å². The molecule has 19 heavy (non-hydrogen) atoms. The lowest BCUT2D eigenvalue weighted by Gasteiger charge is -2.23. The average Bonchev–Trinajstić information content (AvgIpc) is 2.88. The van der Waals surface area contributed by atoms with E-state index in [1.807, 2.05) is 0 Å². The fourth-order valence-corrected chi connectivity index (χ4v) is 2.25. The van der Waals surface area contributed by atoms with Gasteiger partial charge in [0.2, 0.25) is 5.95 Å². The lowest BCUT2D eigenvalue weighted by molar-refractivity contribution is 0.0525. The van der Waals surface area contributed by atoms with Crippen LogP contribution in [0.15, 0.2) is 12.4 Å². The van der Waals surface area contributed by atoms with Crippen LogP contribution in [0.4, 0.5) is 5.95 Å². The molecule has 0 bridgehead atoms. The topological polar surface area (TPSA) is 64.5 Å². The van der Waals surface area contributed by atoms with Crippen LogP contribution in [0.25, 0.3) is 0 Å². The van der Waals surface area contributed by atoms with Gasteiger partial charge in [0.05, 0.1) is 24.8 Å². The van der Waals surface area contributed by atoms with Crippen LogP contribution in [-0.2, 0) is 9.47 Å². The Balaban J connectivity index is 2.07. The molecule has 0 N–H and O–H groups in total. The summed E-state index contributed by atoms with van der Waals surface area (Å²) < 4.78 is 10.1. The number of ether oxygens (including phenoxy) is 2. The molecule has 2 rings (SSSR count). The maximum atomic E-state index is 11.5. The molecule has 0 radical (unpaired) electrons. The van der Waals surface area contributed by atoms with E-state index in [1.165, 1.54) is 12.4 Å². The minimum absolute atomic E-state index is 0.318. The number of nitrogens with zero attached hydrogens (tertiary/aromatic N) is 3. The van der Waals surface area contributed by atoms with E-state index >= 15 is 0 Å². The molecule has 0 spiro atoms. The third kappa shape index (κ3) is 3.20. The molecule has 1 aromatic rings. The molecule has 0 saturated carbocycles. The molecule has 2 heterocycles. The van der Waals surface area contributed by atoms with Gasteiger partial charge in [0.25, 0.3) is 0 Å². The molecule has 104 valence electrons. The maximum Gasteiger partial charge on any atom is 0.341 e. The molecule has 1 fully saturated rings. The van der Waals surface area contributed by atoms with Crippen molar-refractivity contribution in [3.63, 3.8) is 0 Å². The molecule has 1 atom stereocenters. The van der Waals surface area contributed by atoms with Crippen molar-refractivity contribution in [2.75, 3.05) is 31.8 Å². The van der Waals surface area contributed by atoms with Crippen molar-refractivity contribution in [3.05, 3.63) is 18.0 Å². The van der Waals surface area contributed by atoms with E-state index in [4.69, 9.17) is 9.47 Å². The van der Waals surface area contributed by atoms with Crippen molar-refractivity contribution >= 4 is 11.9 Å². The lowest BCUT2D eigenvalue weighted by Crippen LogP contribution is -2.34. The summed E-state index contributed by atoms with van der Waals surface area (Å²) in [4.78, 5) is 22.1. The van der Waals surface area contributed by atoms with E-state index in [1.54, 1.807) is 14.0 Å².